The van der Waals surface area contributed by atoms with E-state index in [1.54, 1.807) is 49.7 Å². The van der Waals surface area contributed by atoms with E-state index in [0.29, 0.717) is 33.4 Å². The molecule has 0 aliphatic heterocycles. The summed E-state index contributed by atoms with van der Waals surface area (Å²) in [7, 11) is 3.06. The molecule has 128 valence electrons. The fraction of sp³-hybridized carbons (Fsp3) is 0.158. The highest BCUT2D eigenvalue weighted by molar-refractivity contribution is 6.35. The van der Waals surface area contributed by atoms with E-state index in [1.165, 1.54) is 7.11 Å². The van der Waals surface area contributed by atoms with Gasteiger partial charge in [0.15, 0.2) is 23.9 Å². The molecule has 0 bridgehead atoms. The number of carbonyl (C=O) groups excluding carboxylic acids is 1. The Morgan fingerprint density at radius 2 is 1.80 bits per heavy atom. The Bertz CT molecular complexity index is 926. The first kappa shape index (κ1) is 17.0. The second kappa shape index (κ2) is 7.40. The van der Waals surface area contributed by atoms with E-state index < -0.39 is 0 Å². The molecule has 0 fully saturated rings. The Morgan fingerprint density at radius 3 is 2.56 bits per heavy atom. The van der Waals surface area contributed by atoms with E-state index >= 15 is 0 Å². The molecule has 5 nitrogen and oxygen atoms in total. The van der Waals surface area contributed by atoms with Crippen LogP contribution in [0, 0.1) is 0 Å². The number of hydrogen-bond donors (Lipinski definition) is 0. The molecule has 0 atom stereocenters. The lowest BCUT2D eigenvalue weighted by Gasteiger charge is -2.11. The van der Waals surface area contributed by atoms with Gasteiger partial charge in [-0.05, 0) is 42.5 Å². The number of ketones is 1. The first-order valence-electron chi connectivity index (χ1n) is 7.55. The fourth-order valence-electron chi connectivity index (χ4n) is 2.46. The minimum atomic E-state index is -0.181. The molecule has 0 spiro atoms. The molecule has 1 heterocycles. The molecule has 3 aromatic rings. The summed E-state index contributed by atoms with van der Waals surface area (Å²) in [5, 5.41) is 1.36. The van der Waals surface area contributed by atoms with Crippen molar-refractivity contribution in [2.24, 2.45) is 0 Å². The summed E-state index contributed by atoms with van der Waals surface area (Å²) in [4.78, 5) is 16.7. The highest BCUT2D eigenvalue weighted by Gasteiger charge is 2.13. The summed E-state index contributed by atoms with van der Waals surface area (Å²) in [6, 6.07) is 12.1. The lowest BCUT2D eigenvalue weighted by molar-refractivity contribution is 0.0922. The number of ether oxygens (including phenoxy) is 3. The molecule has 0 amide bonds. The van der Waals surface area contributed by atoms with Gasteiger partial charge in [-0.2, -0.15) is 0 Å². The monoisotopic (exact) mass is 357 g/mol. The van der Waals surface area contributed by atoms with Gasteiger partial charge in [-0.1, -0.05) is 11.6 Å². The van der Waals surface area contributed by atoms with E-state index in [4.69, 9.17) is 25.8 Å². The Kier molecular flexibility index (Phi) is 5.05. The van der Waals surface area contributed by atoms with Gasteiger partial charge in [0.05, 0.1) is 19.2 Å². The van der Waals surface area contributed by atoms with Crippen molar-refractivity contribution in [3.05, 3.63) is 59.2 Å². The molecular weight excluding hydrogens is 342 g/mol. The second-order valence-electron chi connectivity index (χ2n) is 5.23. The molecule has 25 heavy (non-hydrogen) atoms. The topological polar surface area (TPSA) is 57.7 Å². The van der Waals surface area contributed by atoms with E-state index in [2.05, 4.69) is 4.98 Å². The molecule has 0 unspecified atom stereocenters. The number of methoxy groups -OCH3 is 2. The predicted octanol–water partition coefficient (Wildman–Crippen LogP) is 4.17. The SMILES string of the molecule is COc1ccc(C(=O)COc2ccc(Cl)c3cccnc23)cc1OC. The maximum absolute atomic E-state index is 12.4. The zero-order valence-corrected chi connectivity index (χ0v) is 14.5. The van der Waals surface area contributed by atoms with Crippen LogP contribution in [0.2, 0.25) is 5.02 Å². The molecule has 0 N–H and O–H groups in total. The Balaban J connectivity index is 1.80. The number of carbonyl (C=O) groups is 1. The maximum atomic E-state index is 12.4. The molecule has 1 aromatic heterocycles. The van der Waals surface area contributed by atoms with Crippen LogP contribution in [-0.2, 0) is 0 Å². The zero-order valence-electron chi connectivity index (χ0n) is 13.8. The number of halogens is 1. The van der Waals surface area contributed by atoms with Gasteiger partial charge in [0.25, 0.3) is 0 Å². The van der Waals surface area contributed by atoms with E-state index in [-0.39, 0.29) is 12.4 Å². The number of pyridine rings is 1. The normalized spacial score (nSPS) is 10.5. The molecule has 3 rings (SSSR count). The standard InChI is InChI=1S/C19H16ClNO4/c1-23-16-7-5-12(10-18(16)24-2)15(22)11-25-17-8-6-14(20)13-4-3-9-21-19(13)17/h3-10H,11H2,1-2H3. The van der Waals surface area contributed by atoms with E-state index in [0.717, 1.165) is 5.39 Å². The third-order valence-corrected chi connectivity index (χ3v) is 4.07. The van der Waals surface area contributed by atoms with Gasteiger partial charge in [0.2, 0.25) is 0 Å². The number of nitrogens with zero attached hydrogens (tertiary/aromatic N) is 1. The average Bonchev–Trinajstić information content (AvgIpc) is 2.67. The van der Waals surface area contributed by atoms with Crippen LogP contribution in [0.3, 0.4) is 0 Å². The van der Waals surface area contributed by atoms with Crippen molar-refractivity contribution in [1.29, 1.82) is 0 Å². The summed E-state index contributed by atoms with van der Waals surface area (Å²) >= 11 is 6.16. The van der Waals surface area contributed by atoms with E-state index in [9.17, 15) is 4.79 Å². The van der Waals surface area contributed by atoms with Crippen LogP contribution in [0.15, 0.2) is 48.7 Å². The number of rotatable bonds is 6. The highest BCUT2D eigenvalue weighted by Crippen LogP contribution is 2.30. The smallest absolute Gasteiger partial charge is 0.200 e. The Morgan fingerprint density at radius 1 is 1.04 bits per heavy atom. The largest absolute Gasteiger partial charge is 0.493 e. The number of aromatic nitrogens is 1. The van der Waals surface area contributed by atoms with Gasteiger partial charge in [-0.25, -0.2) is 0 Å². The minimum absolute atomic E-state index is 0.122. The van der Waals surface area contributed by atoms with Gasteiger partial charge in [-0.15, -0.1) is 0 Å². The van der Waals surface area contributed by atoms with Gasteiger partial charge in [0.1, 0.15) is 11.3 Å². The van der Waals surface area contributed by atoms with Crippen molar-refractivity contribution in [2.75, 3.05) is 20.8 Å². The third kappa shape index (κ3) is 3.51. The van der Waals surface area contributed by atoms with Crippen LogP contribution in [0.25, 0.3) is 10.9 Å². The number of fused-ring (bicyclic) bond motifs is 1. The number of hydrogen-bond acceptors (Lipinski definition) is 5. The fourth-order valence-corrected chi connectivity index (χ4v) is 2.68. The Hall–Kier alpha value is -2.79. The molecule has 0 aliphatic rings. The summed E-state index contributed by atoms with van der Waals surface area (Å²) < 4.78 is 16.1. The van der Waals surface area contributed by atoms with Crippen molar-refractivity contribution in [2.45, 2.75) is 0 Å². The molecule has 0 aliphatic carbocycles. The van der Waals surface area contributed by atoms with Gasteiger partial charge in [0, 0.05) is 17.1 Å². The summed E-state index contributed by atoms with van der Waals surface area (Å²) in [6.45, 7) is -0.122. The Labute approximate surface area is 150 Å². The first-order valence-corrected chi connectivity index (χ1v) is 7.93. The average molecular weight is 358 g/mol. The van der Waals surface area contributed by atoms with Crippen LogP contribution in [0.1, 0.15) is 10.4 Å². The zero-order chi connectivity index (χ0) is 17.8. The second-order valence-corrected chi connectivity index (χ2v) is 5.63. The molecule has 0 saturated heterocycles. The molecular formula is C19H16ClNO4. The summed E-state index contributed by atoms with van der Waals surface area (Å²) in [5.41, 5.74) is 1.10. The molecule has 0 saturated carbocycles. The lowest BCUT2D eigenvalue weighted by atomic mass is 10.1. The quantitative estimate of drug-likeness (QED) is 0.620. The van der Waals surface area contributed by atoms with Crippen molar-refractivity contribution in [3.63, 3.8) is 0 Å². The van der Waals surface area contributed by atoms with Crippen LogP contribution in [-0.4, -0.2) is 31.6 Å². The van der Waals surface area contributed by atoms with Crippen LogP contribution >= 0.6 is 11.6 Å². The first-order chi connectivity index (χ1) is 12.1. The highest BCUT2D eigenvalue weighted by atomic mass is 35.5. The third-order valence-electron chi connectivity index (χ3n) is 3.74. The summed E-state index contributed by atoms with van der Waals surface area (Å²) in [5.74, 6) is 1.38. The van der Waals surface area contributed by atoms with Crippen LogP contribution in [0.5, 0.6) is 17.2 Å². The maximum Gasteiger partial charge on any atom is 0.200 e. The van der Waals surface area contributed by atoms with Gasteiger partial charge in [-0.3, -0.25) is 9.78 Å². The van der Waals surface area contributed by atoms with Gasteiger partial charge >= 0.3 is 0 Å². The minimum Gasteiger partial charge on any atom is -0.493 e. The predicted molar refractivity (Wildman–Crippen MR) is 96.1 cm³/mol. The van der Waals surface area contributed by atoms with E-state index in [1.807, 2.05) is 6.07 Å². The summed E-state index contributed by atoms with van der Waals surface area (Å²) in [6.07, 6.45) is 1.65. The van der Waals surface area contributed by atoms with Crippen LogP contribution in [0.4, 0.5) is 0 Å². The van der Waals surface area contributed by atoms with Gasteiger partial charge < -0.3 is 14.2 Å². The molecule has 2 aromatic carbocycles. The lowest BCUT2D eigenvalue weighted by Crippen LogP contribution is -2.12. The molecule has 0 radical (unpaired) electrons. The molecule has 6 heteroatoms. The van der Waals surface area contributed by atoms with Crippen molar-refractivity contribution in [1.82, 2.24) is 4.98 Å². The number of Topliss-reactive ketones (excluding diaryl/α,β-unsaturated/α-hetero) is 1. The van der Waals surface area contributed by atoms with Crippen molar-refractivity contribution >= 4 is 28.3 Å². The number of benzene rings is 2. The van der Waals surface area contributed by atoms with Crippen LogP contribution < -0.4 is 14.2 Å². The van der Waals surface area contributed by atoms with Crippen molar-refractivity contribution < 1.29 is 19.0 Å². The van der Waals surface area contributed by atoms with Crippen molar-refractivity contribution in [3.8, 4) is 17.2 Å².